The fraction of sp³-hybridized carbons (Fsp3) is 0.429. The molecule has 0 spiro atoms. The lowest BCUT2D eigenvalue weighted by molar-refractivity contribution is 0.412. The molecule has 0 aliphatic rings. The third kappa shape index (κ3) is 5.02. The van der Waals surface area contributed by atoms with E-state index in [0.717, 1.165) is 33.3 Å². The minimum absolute atomic E-state index is 0.840. The van der Waals surface area contributed by atoms with E-state index in [1.54, 1.807) is 7.11 Å². The Kier molecular flexibility index (Phi) is 7.44. The van der Waals surface area contributed by atoms with E-state index in [0.29, 0.717) is 0 Å². The standard InChI is InChI=1S/C14H19Br2NO/c1-3-4-5-6-7-8-17-13-10-14(18-2)12(16)9-11(13)15/h3,9-10,17H,1,4-8H2,2H3. The normalized spacial score (nSPS) is 10.2. The van der Waals surface area contributed by atoms with Crippen molar-refractivity contribution >= 4 is 37.5 Å². The van der Waals surface area contributed by atoms with Crippen molar-refractivity contribution in [1.82, 2.24) is 0 Å². The van der Waals surface area contributed by atoms with E-state index in [4.69, 9.17) is 4.74 Å². The van der Waals surface area contributed by atoms with E-state index >= 15 is 0 Å². The minimum Gasteiger partial charge on any atom is -0.495 e. The number of anilines is 1. The average Bonchev–Trinajstić information content (AvgIpc) is 2.36. The Bertz CT molecular complexity index is 394. The number of methoxy groups -OCH3 is 1. The number of hydrogen-bond acceptors (Lipinski definition) is 2. The minimum atomic E-state index is 0.840. The molecular weight excluding hydrogens is 358 g/mol. The van der Waals surface area contributed by atoms with E-state index in [1.807, 2.05) is 18.2 Å². The summed E-state index contributed by atoms with van der Waals surface area (Å²) in [5.74, 6) is 0.840. The van der Waals surface area contributed by atoms with Crippen molar-refractivity contribution in [3.63, 3.8) is 0 Å². The Morgan fingerprint density at radius 2 is 2.00 bits per heavy atom. The number of nitrogens with one attached hydrogen (secondary N) is 1. The molecule has 0 bridgehead atoms. The Morgan fingerprint density at radius 3 is 2.67 bits per heavy atom. The highest BCUT2D eigenvalue weighted by atomic mass is 79.9. The van der Waals surface area contributed by atoms with E-state index in [2.05, 4.69) is 43.8 Å². The lowest BCUT2D eigenvalue weighted by Gasteiger charge is -2.11. The van der Waals surface area contributed by atoms with Crippen LogP contribution in [0.2, 0.25) is 0 Å². The van der Waals surface area contributed by atoms with Crippen LogP contribution in [0.5, 0.6) is 5.75 Å². The quantitative estimate of drug-likeness (QED) is 0.485. The van der Waals surface area contributed by atoms with Crippen LogP contribution >= 0.6 is 31.9 Å². The molecule has 0 saturated heterocycles. The molecule has 1 N–H and O–H groups in total. The molecule has 1 aromatic carbocycles. The second-order valence-corrected chi connectivity index (χ2v) is 5.74. The summed E-state index contributed by atoms with van der Waals surface area (Å²) >= 11 is 7.00. The Labute approximate surface area is 126 Å². The summed E-state index contributed by atoms with van der Waals surface area (Å²) in [6, 6.07) is 4.00. The van der Waals surface area contributed by atoms with Crippen LogP contribution < -0.4 is 10.1 Å². The van der Waals surface area contributed by atoms with Crippen molar-refractivity contribution in [2.45, 2.75) is 25.7 Å². The van der Waals surface area contributed by atoms with Crippen LogP contribution in [0.15, 0.2) is 33.7 Å². The van der Waals surface area contributed by atoms with Gasteiger partial charge in [-0.1, -0.05) is 12.5 Å². The number of hydrogen-bond donors (Lipinski definition) is 1. The van der Waals surface area contributed by atoms with Gasteiger partial charge in [0.2, 0.25) is 0 Å². The van der Waals surface area contributed by atoms with Gasteiger partial charge in [0.25, 0.3) is 0 Å². The highest BCUT2D eigenvalue weighted by Gasteiger charge is 2.06. The van der Waals surface area contributed by atoms with Gasteiger partial charge >= 0.3 is 0 Å². The van der Waals surface area contributed by atoms with E-state index in [9.17, 15) is 0 Å². The molecule has 0 atom stereocenters. The molecule has 0 aliphatic carbocycles. The number of benzene rings is 1. The summed E-state index contributed by atoms with van der Waals surface area (Å²) < 4.78 is 7.28. The van der Waals surface area contributed by atoms with Crippen molar-refractivity contribution in [2.24, 2.45) is 0 Å². The summed E-state index contributed by atoms with van der Waals surface area (Å²) in [6.07, 6.45) is 6.69. The number of halogens is 2. The van der Waals surface area contributed by atoms with Gasteiger partial charge in [-0.3, -0.25) is 0 Å². The highest BCUT2D eigenvalue weighted by Crippen LogP contribution is 2.34. The van der Waals surface area contributed by atoms with Crippen molar-refractivity contribution in [2.75, 3.05) is 19.0 Å². The summed E-state index contributed by atoms with van der Waals surface area (Å²) in [4.78, 5) is 0. The molecule has 1 rings (SSSR count). The molecule has 0 aromatic heterocycles. The second-order valence-electron chi connectivity index (χ2n) is 4.03. The molecule has 0 radical (unpaired) electrons. The lowest BCUT2D eigenvalue weighted by atomic mass is 10.2. The van der Waals surface area contributed by atoms with Crippen LogP contribution in [0, 0.1) is 0 Å². The molecule has 0 saturated carbocycles. The first kappa shape index (κ1) is 15.6. The van der Waals surface area contributed by atoms with Crippen molar-refractivity contribution < 1.29 is 4.74 Å². The number of unbranched alkanes of at least 4 members (excludes halogenated alkanes) is 3. The smallest absolute Gasteiger partial charge is 0.135 e. The predicted molar refractivity (Wildman–Crippen MR) is 85.5 cm³/mol. The van der Waals surface area contributed by atoms with Crippen LogP contribution in [0.3, 0.4) is 0 Å². The van der Waals surface area contributed by atoms with Crippen molar-refractivity contribution in [3.05, 3.63) is 33.7 Å². The van der Waals surface area contributed by atoms with Gasteiger partial charge in [0, 0.05) is 17.1 Å². The van der Waals surface area contributed by atoms with Gasteiger partial charge in [-0.05, 0) is 57.2 Å². The van der Waals surface area contributed by atoms with Gasteiger partial charge in [0.05, 0.1) is 17.3 Å². The van der Waals surface area contributed by atoms with E-state index in [-0.39, 0.29) is 0 Å². The molecule has 4 heteroatoms. The molecule has 0 aliphatic heterocycles. The third-order valence-corrected chi connectivity index (χ3v) is 3.92. The maximum Gasteiger partial charge on any atom is 0.135 e. The SMILES string of the molecule is C=CCCCCCNc1cc(OC)c(Br)cc1Br. The fourth-order valence-corrected chi connectivity index (χ4v) is 2.93. The highest BCUT2D eigenvalue weighted by molar-refractivity contribution is 9.11. The van der Waals surface area contributed by atoms with Crippen molar-refractivity contribution in [1.29, 1.82) is 0 Å². The molecule has 0 fully saturated rings. The number of allylic oxidation sites excluding steroid dienone is 1. The summed E-state index contributed by atoms with van der Waals surface area (Å²) in [5, 5.41) is 3.42. The zero-order valence-corrected chi connectivity index (χ0v) is 13.8. The van der Waals surface area contributed by atoms with Crippen LogP contribution in [0.1, 0.15) is 25.7 Å². The van der Waals surface area contributed by atoms with Crippen molar-refractivity contribution in [3.8, 4) is 5.75 Å². The molecule has 100 valence electrons. The zero-order valence-electron chi connectivity index (χ0n) is 10.6. The largest absolute Gasteiger partial charge is 0.495 e. The van der Waals surface area contributed by atoms with Gasteiger partial charge < -0.3 is 10.1 Å². The topological polar surface area (TPSA) is 21.3 Å². The molecule has 1 aromatic rings. The van der Waals surface area contributed by atoms with Crippen LogP contribution in [0.25, 0.3) is 0 Å². The Balaban J connectivity index is 2.44. The fourth-order valence-electron chi connectivity index (χ4n) is 1.63. The zero-order chi connectivity index (χ0) is 13.4. The van der Waals surface area contributed by atoms with E-state index in [1.165, 1.54) is 19.3 Å². The van der Waals surface area contributed by atoms with Gasteiger partial charge in [-0.2, -0.15) is 0 Å². The van der Waals surface area contributed by atoms with Gasteiger partial charge in [0.1, 0.15) is 5.75 Å². The first-order valence-electron chi connectivity index (χ1n) is 6.07. The van der Waals surface area contributed by atoms with Gasteiger partial charge in [0.15, 0.2) is 0 Å². The average molecular weight is 377 g/mol. The summed E-state index contributed by atoms with van der Waals surface area (Å²) in [7, 11) is 1.67. The Hall–Kier alpha value is -0.480. The molecule has 0 heterocycles. The summed E-state index contributed by atoms with van der Waals surface area (Å²) in [6.45, 7) is 4.70. The monoisotopic (exact) mass is 375 g/mol. The third-order valence-electron chi connectivity index (χ3n) is 2.64. The second kappa shape index (κ2) is 8.59. The van der Waals surface area contributed by atoms with Crippen LogP contribution in [0.4, 0.5) is 5.69 Å². The van der Waals surface area contributed by atoms with Gasteiger partial charge in [-0.25, -0.2) is 0 Å². The molecule has 2 nitrogen and oxygen atoms in total. The lowest BCUT2D eigenvalue weighted by Crippen LogP contribution is -2.02. The van der Waals surface area contributed by atoms with Crippen LogP contribution in [-0.4, -0.2) is 13.7 Å². The molecule has 0 amide bonds. The van der Waals surface area contributed by atoms with Gasteiger partial charge in [-0.15, -0.1) is 6.58 Å². The summed E-state index contributed by atoms with van der Waals surface area (Å²) in [5.41, 5.74) is 1.07. The van der Waals surface area contributed by atoms with Crippen LogP contribution in [-0.2, 0) is 0 Å². The number of rotatable bonds is 8. The first-order valence-corrected chi connectivity index (χ1v) is 7.65. The Morgan fingerprint density at radius 1 is 1.22 bits per heavy atom. The maximum atomic E-state index is 5.28. The molecular formula is C14H19Br2NO. The van der Waals surface area contributed by atoms with E-state index < -0.39 is 0 Å². The molecule has 0 unspecified atom stereocenters. The molecule has 18 heavy (non-hydrogen) atoms. The first-order chi connectivity index (χ1) is 8.69. The number of ether oxygens (including phenoxy) is 1. The maximum absolute atomic E-state index is 5.28. The predicted octanol–water partition coefficient (Wildman–Crippen LogP) is 5.38.